The summed E-state index contributed by atoms with van der Waals surface area (Å²) in [5.74, 6) is -1.81. The summed E-state index contributed by atoms with van der Waals surface area (Å²) >= 11 is 0.914. The monoisotopic (exact) mass is 289 g/mol. The maximum atomic E-state index is 11.3. The molecule has 9 heteroatoms. The van der Waals surface area contributed by atoms with Gasteiger partial charge in [0.05, 0.1) is 5.75 Å². The molecule has 3 N–H and O–H groups in total. The molecule has 1 aliphatic rings. The molecule has 1 saturated heterocycles. The molecule has 0 atom stereocenters. The number of aliphatic hydroxyl groups excluding tert-OH is 1. The van der Waals surface area contributed by atoms with Crippen molar-refractivity contribution in [2.45, 2.75) is 6.42 Å². The topological polar surface area (TPSA) is 116 Å². The minimum atomic E-state index is -0.829. The fourth-order valence-corrected chi connectivity index (χ4v) is 2.07. The number of thioether (sulfide) groups is 1. The second kappa shape index (κ2) is 7.74. The van der Waals surface area contributed by atoms with Crippen LogP contribution in [-0.2, 0) is 14.4 Å². The smallest absolute Gasteiger partial charge is 0.309 e. The number of rotatable bonds is 6. The highest BCUT2D eigenvalue weighted by atomic mass is 32.2. The third-order valence-electron chi connectivity index (χ3n) is 2.29. The lowest BCUT2D eigenvalue weighted by Gasteiger charge is -2.12. The maximum Gasteiger partial charge on any atom is 0.309 e. The lowest BCUT2D eigenvalue weighted by Crippen LogP contribution is -2.44. The van der Waals surface area contributed by atoms with Crippen molar-refractivity contribution in [1.29, 1.82) is 0 Å². The van der Waals surface area contributed by atoms with Gasteiger partial charge >= 0.3 is 11.8 Å². The number of hydrogen-bond donors (Lipinski definition) is 3. The normalized spacial score (nSPS) is 14.7. The van der Waals surface area contributed by atoms with Gasteiger partial charge in [-0.3, -0.25) is 24.1 Å². The Morgan fingerprint density at radius 1 is 1.21 bits per heavy atom. The van der Waals surface area contributed by atoms with E-state index in [1.54, 1.807) is 0 Å². The highest BCUT2D eigenvalue weighted by Crippen LogP contribution is 2.17. The van der Waals surface area contributed by atoms with E-state index >= 15 is 0 Å². The van der Waals surface area contributed by atoms with Gasteiger partial charge in [0.1, 0.15) is 0 Å². The number of aliphatic hydroxyl groups is 1. The molecule has 0 unspecified atom stereocenters. The lowest BCUT2D eigenvalue weighted by atomic mass is 10.4. The average molecular weight is 289 g/mol. The quantitative estimate of drug-likeness (QED) is 0.396. The van der Waals surface area contributed by atoms with Crippen molar-refractivity contribution in [3.05, 3.63) is 0 Å². The standard InChI is InChI=1S/C10H15N3O5S/c14-5-1-2-11-8(16)9(17)12-3-4-13-7(15)6-19-10(13)18/h14H,1-6H2,(H,11,16)(H,12,17). The van der Waals surface area contributed by atoms with Gasteiger partial charge < -0.3 is 15.7 Å². The average Bonchev–Trinajstić information content (AvgIpc) is 2.70. The molecule has 8 nitrogen and oxygen atoms in total. The summed E-state index contributed by atoms with van der Waals surface area (Å²) in [5.41, 5.74) is 0. The largest absolute Gasteiger partial charge is 0.396 e. The first-order valence-electron chi connectivity index (χ1n) is 5.70. The van der Waals surface area contributed by atoms with Gasteiger partial charge in [-0.25, -0.2) is 0 Å². The Morgan fingerprint density at radius 2 is 1.84 bits per heavy atom. The van der Waals surface area contributed by atoms with Crippen LogP contribution in [0.15, 0.2) is 0 Å². The molecule has 0 aromatic rings. The molecule has 0 radical (unpaired) electrons. The van der Waals surface area contributed by atoms with E-state index in [9.17, 15) is 19.2 Å². The summed E-state index contributed by atoms with van der Waals surface area (Å²) in [4.78, 5) is 46.0. The summed E-state index contributed by atoms with van der Waals surface area (Å²) in [5, 5.41) is 12.8. The molecule has 0 spiro atoms. The van der Waals surface area contributed by atoms with Crippen molar-refractivity contribution < 1.29 is 24.3 Å². The number of carbonyl (C=O) groups is 4. The van der Waals surface area contributed by atoms with Crippen molar-refractivity contribution in [1.82, 2.24) is 15.5 Å². The zero-order chi connectivity index (χ0) is 14.3. The molecule has 0 aliphatic carbocycles. The molecule has 106 valence electrons. The first-order chi connectivity index (χ1) is 9.06. The number of imide groups is 1. The first kappa shape index (κ1) is 15.4. The molecular weight excluding hydrogens is 274 g/mol. The van der Waals surface area contributed by atoms with E-state index in [0.717, 1.165) is 16.7 Å². The number of hydrogen-bond acceptors (Lipinski definition) is 6. The predicted molar refractivity (Wildman–Crippen MR) is 67.3 cm³/mol. The molecule has 19 heavy (non-hydrogen) atoms. The van der Waals surface area contributed by atoms with Crippen molar-refractivity contribution >= 4 is 34.7 Å². The van der Waals surface area contributed by atoms with Crippen LogP contribution < -0.4 is 10.6 Å². The van der Waals surface area contributed by atoms with Crippen LogP contribution in [0.5, 0.6) is 0 Å². The lowest BCUT2D eigenvalue weighted by molar-refractivity contribution is -0.139. The van der Waals surface area contributed by atoms with Crippen LogP contribution in [0, 0.1) is 0 Å². The molecular formula is C10H15N3O5S. The predicted octanol–water partition coefficient (Wildman–Crippen LogP) is -1.70. The molecule has 1 heterocycles. The molecule has 1 aliphatic heterocycles. The van der Waals surface area contributed by atoms with Crippen LogP contribution in [0.4, 0.5) is 4.79 Å². The fourth-order valence-electron chi connectivity index (χ4n) is 1.32. The van der Waals surface area contributed by atoms with Crippen LogP contribution >= 0.6 is 11.8 Å². The Labute approximate surface area is 113 Å². The second-order valence-corrected chi connectivity index (χ2v) is 4.62. The van der Waals surface area contributed by atoms with E-state index in [4.69, 9.17) is 5.11 Å². The van der Waals surface area contributed by atoms with Crippen molar-refractivity contribution in [3.8, 4) is 0 Å². The number of nitrogens with zero attached hydrogens (tertiary/aromatic N) is 1. The minimum absolute atomic E-state index is 0.0320. The zero-order valence-corrected chi connectivity index (χ0v) is 11.0. The van der Waals surface area contributed by atoms with Gasteiger partial charge in [-0.05, 0) is 6.42 Å². The van der Waals surface area contributed by atoms with Crippen LogP contribution in [0.3, 0.4) is 0 Å². The van der Waals surface area contributed by atoms with E-state index in [0.29, 0.717) is 6.42 Å². The summed E-state index contributed by atoms with van der Waals surface area (Å²) in [6.45, 7) is 0.228. The van der Waals surface area contributed by atoms with Crippen LogP contribution in [0.1, 0.15) is 6.42 Å². The summed E-state index contributed by atoms with van der Waals surface area (Å²) in [7, 11) is 0. The molecule has 1 rings (SSSR count). The van der Waals surface area contributed by atoms with Gasteiger partial charge in [-0.1, -0.05) is 11.8 Å². The molecule has 4 amide bonds. The summed E-state index contributed by atoms with van der Waals surface area (Å²) in [6, 6.07) is 0. The van der Waals surface area contributed by atoms with E-state index in [1.807, 2.05) is 0 Å². The van der Waals surface area contributed by atoms with E-state index in [1.165, 1.54) is 0 Å². The van der Waals surface area contributed by atoms with Gasteiger partial charge in [0.25, 0.3) is 5.24 Å². The number of amides is 4. The van der Waals surface area contributed by atoms with Gasteiger partial charge in [0.2, 0.25) is 5.91 Å². The summed E-state index contributed by atoms with van der Waals surface area (Å²) < 4.78 is 0. The Kier molecular flexibility index (Phi) is 6.30. The summed E-state index contributed by atoms with van der Waals surface area (Å²) in [6.07, 6.45) is 0.368. The van der Waals surface area contributed by atoms with Gasteiger partial charge in [0.15, 0.2) is 0 Å². The van der Waals surface area contributed by atoms with Crippen molar-refractivity contribution in [3.63, 3.8) is 0 Å². The Hall–Kier alpha value is -1.61. The van der Waals surface area contributed by atoms with Crippen molar-refractivity contribution in [2.24, 2.45) is 0 Å². The maximum absolute atomic E-state index is 11.3. The van der Waals surface area contributed by atoms with Crippen molar-refractivity contribution in [2.75, 3.05) is 32.0 Å². The molecule has 0 aromatic heterocycles. The molecule has 0 saturated carbocycles. The van der Waals surface area contributed by atoms with Gasteiger partial charge in [-0.2, -0.15) is 0 Å². The van der Waals surface area contributed by atoms with Gasteiger partial charge in [0, 0.05) is 26.2 Å². The molecule has 1 fully saturated rings. The Balaban J connectivity index is 2.21. The SMILES string of the molecule is O=C(NCCCO)C(=O)NCCN1C(=O)CSC1=O. The minimum Gasteiger partial charge on any atom is -0.396 e. The molecule has 0 aromatic carbocycles. The molecule has 0 bridgehead atoms. The zero-order valence-electron chi connectivity index (χ0n) is 10.2. The third kappa shape index (κ3) is 4.87. The highest BCUT2D eigenvalue weighted by molar-refractivity contribution is 8.14. The van der Waals surface area contributed by atoms with E-state index in [2.05, 4.69) is 10.6 Å². The number of carbonyl (C=O) groups excluding carboxylic acids is 4. The van der Waals surface area contributed by atoms with Crippen LogP contribution in [0.2, 0.25) is 0 Å². The third-order valence-corrected chi connectivity index (χ3v) is 3.15. The van der Waals surface area contributed by atoms with Crippen LogP contribution in [-0.4, -0.2) is 65.0 Å². The Morgan fingerprint density at radius 3 is 2.37 bits per heavy atom. The fraction of sp³-hybridized carbons (Fsp3) is 0.600. The first-order valence-corrected chi connectivity index (χ1v) is 6.69. The van der Waals surface area contributed by atoms with Gasteiger partial charge in [-0.15, -0.1) is 0 Å². The van der Waals surface area contributed by atoms with E-state index in [-0.39, 0.29) is 43.1 Å². The van der Waals surface area contributed by atoms with E-state index < -0.39 is 11.8 Å². The number of nitrogens with one attached hydrogen (secondary N) is 2. The van der Waals surface area contributed by atoms with Crippen LogP contribution in [0.25, 0.3) is 0 Å². The Bertz CT molecular complexity index is 371. The highest BCUT2D eigenvalue weighted by Gasteiger charge is 2.29. The second-order valence-electron chi connectivity index (χ2n) is 3.69.